The van der Waals surface area contributed by atoms with Crippen molar-refractivity contribution in [3.63, 3.8) is 0 Å². The van der Waals surface area contributed by atoms with Crippen LogP contribution in [0.25, 0.3) is 0 Å². The molecule has 0 aromatic carbocycles. The molecule has 0 unspecified atom stereocenters. The van der Waals surface area contributed by atoms with E-state index < -0.39 is 7.12 Å². The molecule has 0 rings (SSSR count). The fourth-order valence-electron chi connectivity index (χ4n) is 5.05. The van der Waals surface area contributed by atoms with Crippen LogP contribution in [-0.2, 0) is 9.59 Å². The standard InChI is InChI=1S/C13H19BO4.2C12H27N/c1-2-7-12(10-15)13(11-16)8-5-3-4-6-9-14(17)18;2*1-4-7-10-13(11-8-5-2)12-9-6-3/h2-9H2,1H3;2*4-12H2,1-3H3/q-2;;/p+2. The minimum atomic E-state index is -1.73. The maximum absolute atomic E-state index is 10.7. The van der Waals surface area contributed by atoms with E-state index in [1.165, 1.54) is 116 Å². The fourth-order valence-corrected chi connectivity index (χ4v) is 5.05. The van der Waals surface area contributed by atoms with E-state index >= 15 is 0 Å². The van der Waals surface area contributed by atoms with Gasteiger partial charge in [0.15, 0.2) is 0 Å². The summed E-state index contributed by atoms with van der Waals surface area (Å²) in [4.78, 5) is 25.1. The number of hydrogen-bond acceptors (Lipinski definition) is 4. The maximum atomic E-state index is 10.7. The van der Waals surface area contributed by atoms with Crippen LogP contribution < -0.4 is 19.8 Å². The summed E-state index contributed by atoms with van der Waals surface area (Å²) in [5, 5.41) is 20.5. The van der Waals surface area contributed by atoms with Gasteiger partial charge in [0.05, 0.1) is 50.4 Å². The predicted molar refractivity (Wildman–Crippen MR) is 188 cm³/mol. The van der Waals surface area contributed by atoms with Crippen LogP contribution in [0.2, 0.25) is 6.32 Å². The van der Waals surface area contributed by atoms with E-state index in [9.17, 15) is 19.6 Å². The van der Waals surface area contributed by atoms with Crippen LogP contribution in [-0.4, -0.2) is 58.3 Å². The number of hydrogen-bond donors (Lipinski definition) is 2. The number of quaternary nitrogens is 2. The molecule has 0 saturated carbocycles. The molecule has 0 amide bonds. The molecule has 2 N–H and O–H groups in total. The minimum Gasteiger partial charge on any atom is -0.893 e. The maximum Gasteiger partial charge on any atom is 0.128 e. The molecule has 0 bridgehead atoms. The van der Waals surface area contributed by atoms with E-state index in [1.54, 1.807) is 5.94 Å². The molecule has 0 saturated heterocycles. The van der Waals surface area contributed by atoms with E-state index in [4.69, 9.17) is 0 Å². The van der Waals surface area contributed by atoms with Crippen molar-refractivity contribution >= 4 is 19.0 Å². The number of nitrogens with one attached hydrogen (secondary N) is 2. The third-order valence-corrected chi connectivity index (χ3v) is 8.03. The van der Waals surface area contributed by atoms with Crippen molar-refractivity contribution in [2.45, 2.75) is 177 Å². The Kier molecular flexibility index (Phi) is 42.7. The lowest BCUT2D eigenvalue weighted by Crippen LogP contribution is -3.12. The third kappa shape index (κ3) is 35.3. The molecule has 0 aliphatic carbocycles. The van der Waals surface area contributed by atoms with Crippen LogP contribution >= 0.6 is 0 Å². The molecule has 0 aliphatic rings. The molecule has 260 valence electrons. The molecule has 0 atom stereocenters. The second-order valence-electron chi connectivity index (χ2n) is 12.4. The number of allylic oxidation sites excluding steroid dienone is 2. The van der Waals surface area contributed by atoms with Crippen molar-refractivity contribution in [2.24, 2.45) is 0 Å². The van der Waals surface area contributed by atoms with Crippen molar-refractivity contribution < 1.29 is 29.4 Å². The van der Waals surface area contributed by atoms with Gasteiger partial charge in [0.25, 0.3) is 0 Å². The highest BCUT2D eigenvalue weighted by Crippen LogP contribution is 2.18. The average molecular weight is 623 g/mol. The summed E-state index contributed by atoms with van der Waals surface area (Å²) >= 11 is 0. The second-order valence-corrected chi connectivity index (χ2v) is 12.4. The van der Waals surface area contributed by atoms with Gasteiger partial charge in [-0.2, -0.15) is 0 Å². The van der Waals surface area contributed by atoms with Crippen molar-refractivity contribution in [3.8, 4) is 0 Å². The third-order valence-electron chi connectivity index (χ3n) is 8.03. The molecule has 7 heteroatoms. The zero-order chi connectivity index (χ0) is 33.7. The summed E-state index contributed by atoms with van der Waals surface area (Å²) in [5.41, 5.74) is 0.837. The first-order valence-electron chi connectivity index (χ1n) is 18.8. The van der Waals surface area contributed by atoms with E-state index in [0.717, 1.165) is 25.7 Å². The average Bonchev–Trinajstić information content (AvgIpc) is 3.03. The highest BCUT2D eigenvalue weighted by molar-refractivity contribution is 6.36. The highest BCUT2D eigenvalue weighted by atomic mass is 16.4. The van der Waals surface area contributed by atoms with E-state index in [-0.39, 0.29) is 6.32 Å². The second kappa shape index (κ2) is 39.8. The van der Waals surface area contributed by atoms with Crippen molar-refractivity contribution in [2.75, 3.05) is 39.3 Å². The molecule has 6 nitrogen and oxygen atoms in total. The summed E-state index contributed by atoms with van der Waals surface area (Å²) < 4.78 is 0. The summed E-state index contributed by atoms with van der Waals surface area (Å²) in [6, 6.07) is 0. The molecule has 0 aromatic rings. The molecule has 0 aliphatic heterocycles. The van der Waals surface area contributed by atoms with Gasteiger partial charge in [0.2, 0.25) is 0 Å². The molecule has 44 heavy (non-hydrogen) atoms. The first kappa shape index (κ1) is 47.2. The van der Waals surface area contributed by atoms with Crippen LogP contribution in [0.1, 0.15) is 170 Å². The summed E-state index contributed by atoms with van der Waals surface area (Å²) in [7, 11) is -1.73. The highest BCUT2D eigenvalue weighted by Gasteiger charge is 2.08. The quantitative estimate of drug-likeness (QED) is 0.0556. The Hall–Kier alpha value is -1.20. The lowest BCUT2D eigenvalue weighted by atomic mass is 9.83. The van der Waals surface area contributed by atoms with Gasteiger partial charge in [0.1, 0.15) is 11.9 Å². The van der Waals surface area contributed by atoms with Gasteiger partial charge in [-0.15, -0.1) is 13.4 Å². The Morgan fingerprint density at radius 2 is 0.773 bits per heavy atom. The Bertz CT molecular complexity index is 614. The van der Waals surface area contributed by atoms with Gasteiger partial charge in [-0.25, -0.2) is 9.59 Å². The van der Waals surface area contributed by atoms with Gasteiger partial charge in [0, 0.05) is 0 Å². The van der Waals surface area contributed by atoms with Crippen molar-refractivity contribution in [1.82, 2.24) is 0 Å². The molecule has 0 radical (unpaired) electrons. The normalized spacial score (nSPS) is 10.4. The zero-order valence-electron chi connectivity index (χ0n) is 30.6. The van der Waals surface area contributed by atoms with Crippen molar-refractivity contribution in [1.29, 1.82) is 0 Å². The van der Waals surface area contributed by atoms with Gasteiger partial charge < -0.3 is 19.8 Å². The van der Waals surface area contributed by atoms with Gasteiger partial charge in [-0.3, -0.25) is 0 Å². The minimum absolute atomic E-state index is 0.158. The summed E-state index contributed by atoms with van der Waals surface area (Å²) in [5.74, 6) is 3.62. The van der Waals surface area contributed by atoms with E-state index in [0.29, 0.717) is 30.4 Å². The molecular weight excluding hydrogens is 547 g/mol. The van der Waals surface area contributed by atoms with Crippen LogP contribution in [0.3, 0.4) is 0 Å². The first-order chi connectivity index (χ1) is 21.3. The topological polar surface area (TPSA) is 89.1 Å². The van der Waals surface area contributed by atoms with Crippen molar-refractivity contribution in [3.05, 3.63) is 11.1 Å². The molecule has 0 aromatic heterocycles. The summed E-state index contributed by atoms with van der Waals surface area (Å²) in [6.45, 7) is 24.1. The number of rotatable bonds is 28. The molecule has 0 fully saturated rings. The number of carbonyl (C=O) groups excluding carboxylic acids is 2. The smallest absolute Gasteiger partial charge is 0.128 e. The Labute approximate surface area is 275 Å². The predicted octanol–water partition coefficient (Wildman–Crippen LogP) is 5.01. The van der Waals surface area contributed by atoms with Crippen LogP contribution in [0.15, 0.2) is 11.1 Å². The van der Waals surface area contributed by atoms with Crippen LogP contribution in [0, 0.1) is 0 Å². The first-order valence-corrected chi connectivity index (χ1v) is 18.8. The fraction of sp³-hybridized carbons (Fsp3) is 0.892. The Morgan fingerprint density at radius 1 is 0.455 bits per heavy atom. The lowest BCUT2D eigenvalue weighted by molar-refractivity contribution is -0.900. The van der Waals surface area contributed by atoms with Gasteiger partial charge >= 0.3 is 0 Å². The SMILES string of the molecule is CCCC(=C=O)C(=C=O)CCCCCCB([O-])[O-].CCCC[NH+](CCCC)CCCC.CCCC[NH+](CCCC)CCCC. The molecular formula is C37H75BN2O4. The van der Waals surface area contributed by atoms with E-state index in [2.05, 4.69) is 41.5 Å². The van der Waals surface area contributed by atoms with E-state index in [1.807, 2.05) is 22.7 Å². The summed E-state index contributed by atoms with van der Waals surface area (Å²) in [6.07, 6.45) is 21.6. The van der Waals surface area contributed by atoms with Crippen LogP contribution in [0.5, 0.6) is 0 Å². The number of unbranched alkanes of at least 4 members (excludes halogenated alkanes) is 9. The van der Waals surface area contributed by atoms with Gasteiger partial charge in [-0.1, -0.05) is 113 Å². The zero-order valence-corrected chi connectivity index (χ0v) is 30.6. The van der Waals surface area contributed by atoms with Crippen LogP contribution in [0.4, 0.5) is 0 Å². The molecule has 0 heterocycles. The molecule has 0 spiro atoms. The Balaban J connectivity index is -0.000000585. The lowest BCUT2D eigenvalue weighted by Gasteiger charge is -2.25. The van der Waals surface area contributed by atoms with Gasteiger partial charge in [-0.05, 0) is 57.8 Å². The largest absolute Gasteiger partial charge is 0.893 e. The Morgan fingerprint density at radius 3 is 1.05 bits per heavy atom. The monoisotopic (exact) mass is 623 g/mol.